The van der Waals surface area contributed by atoms with Crippen LogP contribution in [0.2, 0.25) is 0 Å². The van der Waals surface area contributed by atoms with Crippen molar-refractivity contribution in [1.82, 2.24) is 4.57 Å². The molecule has 150 valence electrons. The first kappa shape index (κ1) is 18.0. The molecule has 2 aliphatic rings. The maximum atomic E-state index is 13.1. The van der Waals surface area contributed by atoms with E-state index in [0.29, 0.717) is 39.7 Å². The maximum absolute atomic E-state index is 13.1. The standard InChI is InChI=1S/C22H16N2O6/c1-13-3-2-8-24(22(26)15-5-7-17-19(10-15)30-12-28-17)20(13)23-21(25)14-4-6-16-18(9-14)29-11-27-16/h2-10H,11-12H2,1H3. The van der Waals surface area contributed by atoms with Crippen LogP contribution in [0.15, 0.2) is 59.7 Å². The number of ether oxygens (including phenoxy) is 4. The molecule has 0 atom stereocenters. The first-order valence-electron chi connectivity index (χ1n) is 9.21. The molecule has 8 nitrogen and oxygen atoms in total. The minimum atomic E-state index is -0.491. The largest absolute Gasteiger partial charge is 0.454 e. The van der Waals surface area contributed by atoms with Crippen molar-refractivity contribution in [1.29, 1.82) is 0 Å². The Kier molecular flexibility index (Phi) is 4.24. The molecule has 0 saturated carbocycles. The van der Waals surface area contributed by atoms with Gasteiger partial charge in [-0.15, -0.1) is 0 Å². The van der Waals surface area contributed by atoms with Gasteiger partial charge < -0.3 is 18.9 Å². The second-order valence-corrected chi connectivity index (χ2v) is 6.74. The molecule has 30 heavy (non-hydrogen) atoms. The Morgan fingerprint density at radius 1 is 0.833 bits per heavy atom. The Morgan fingerprint density at radius 3 is 2.13 bits per heavy atom. The highest BCUT2D eigenvalue weighted by molar-refractivity contribution is 5.98. The zero-order valence-electron chi connectivity index (χ0n) is 16.0. The number of carbonyl (C=O) groups is 2. The van der Waals surface area contributed by atoms with Crippen LogP contribution in [0.25, 0.3) is 0 Å². The molecule has 0 unspecified atom stereocenters. The lowest BCUT2D eigenvalue weighted by atomic mass is 10.1. The van der Waals surface area contributed by atoms with Crippen LogP contribution in [0.5, 0.6) is 23.0 Å². The molecular weight excluding hydrogens is 388 g/mol. The van der Waals surface area contributed by atoms with Crippen LogP contribution >= 0.6 is 0 Å². The summed E-state index contributed by atoms with van der Waals surface area (Å²) in [5.74, 6) is 1.33. The molecule has 2 aromatic carbocycles. The number of amides is 1. The molecule has 0 spiro atoms. The van der Waals surface area contributed by atoms with Crippen molar-refractivity contribution in [2.75, 3.05) is 13.6 Å². The van der Waals surface area contributed by atoms with Crippen molar-refractivity contribution in [2.24, 2.45) is 4.99 Å². The van der Waals surface area contributed by atoms with E-state index in [2.05, 4.69) is 4.99 Å². The number of benzene rings is 2. The third-order valence-corrected chi connectivity index (χ3v) is 4.83. The number of rotatable bonds is 2. The van der Waals surface area contributed by atoms with Gasteiger partial charge in [-0.2, -0.15) is 4.99 Å². The van der Waals surface area contributed by atoms with E-state index in [-0.39, 0.29) is 25.0 Å². The van der Waals surface area contributed by atoms with Crippen molar-refractivity contribution >= 4 is 11.8 Å². The van der Waals surface area contributed by atoms with Crippen LogP contribution in [0.3, 0.4) is 0 Å². The number of aromatic nitrogens is 1. The van der Waals surface area contributed by atoms with Gasteiger partial charge in [-0.3, -0.25) is 14.2 Å². The summed E-state index contributed by atoms with van der Waals surface area (Å²) in [6.45, 7) is 2.02. The van der Waals surface area contributed by atoms with Gasteiger partial charge in [0.25, 0.3) is 11.8 Å². The van der Waals surface area contributed by atoms with E-state index in [9.17, 15) is 9.59 Å². The lowest BCUT2D eigenvalue weighted by molar-refractivity contribution is 0.0952. The monoisotopic (exact) mass is 404 g/mol. The lowest BCUT2D eigenvalue weighted by Gasteiger charge is -2.09. The zero-order chi connectivity index (χ0) is 20.7. The molecule has 8 heteroatoms. The predicted octanol–water partition coefficient (Wildman–Crippen LogP) is 2.68. The molecule has 0 N–H and O–H groups in total. The fourth-order valence-corrected chi connectivity index (χ4v) is 3.27. The topological polar surface area (TPSA) is 88.4 Å². The zero-order valence-corrected chi connectivity index (χ0v) is 16.0. The van der Waals surface area contributed by atoms with Gasteiger partial charge in [0.15, 0.2) is 23.0 Å². The smallest absolute Gasteiger partial charge is 0.279 e. The van der Waals surface area contributed by atoms with Crippen molar-refractivity contribution in [3.05, 3.63) is 76.9 Å². The van der Waals surface area contributed by atoms with E-state index in [0.717, 1.165) is 0 Å². The SMILES string of the molecule is Cc1cccn(C(=O)c2ccc3c(c2)OCO3)c1=NC(=O)c1ccc2c(c1)OCO2. The molecule has 1 aromatic heterocycles. The summed E-state index contributed by atoms with van der Waals surface area (Å²) in [6, 6.07) is 13.3. The fraction of sp³-hybridized carbons (Fsp3) is 0.136. The number of aryl methyl sites for hydroxylation is 1. The van der Waals surface area contributed by atoms with Gasteiger partial charge in [-0.1, -0.05) is 6.07 Å². The molecule has 3 aromatic rings. The molecule has 0 bridgehead atoms. The number of hydrogen-bond acceptors (Lipinski definition) is 6. The van der Waals surface area contributed by atoms with Gasteiger partial charge >= 0.3 is 0 Å². The first-order valence-corrected chi connectivity index (χ1v) is 9.21. The highest BCUT2D eigenvalue weighted by atomic mass is 16.7. The molecule has 3 heterocycles. The fourth-order valence-electron chi connectivity index (χ4n) is 3.27. The maximum Gasteiger partial charge on any atom is 0.279 e. The molecular formula is C22H16N2O6. The van der Waals surface area contributed by atoms with Crippen LogP contribution in [-0.4, -0.2) is 30.0 Å². The molecule has 0 fully saturated rings. The molecule has 0 aliphatic carbocycles. The average Bonchev–Trinajstić information content (AvgIpc) is 3.42. The number of fused-ring (bicyclic) bond motifs is 2. The number of pyridine rings is 1. The van der Waals surface area contributed by atoms with Crippen LogP contribution < -0.4 is 24.4 Å². The normalized spacial score (nSPS) is 14.1. The van der Waals surface area contributed by atoms with E-state index in [1.165, 1.54) is 4.57 Å². The summed E-state index contributed by atoms with van der Waals surface area (Å²) >= 11 is 0. The first-order chi connectivity index (χ1) is 14.6. The Balaban J connectivity index is 1.55. The van der Waals surface area contributed by atoms with E-state index in [4.69, 9.17) is 18.9 Å². The van der Waals surface area contributed by atoms with Gasteiger partial charge in [0.2, 0.25) is 13.6 Å². The molecule has 1 amide bonds. The molecule has 2 aliphatic heterocycles. The second-order valence-electron chi connectivity index (χ2n) is 6.74. The number of carbonyl (C=O) groups excluding carboxylic acids is 2. The van der Waals surface area contributed by atoms with Crippen molar-refractivity contribution in [3.63, 3.8) is 0 Å². The quantitative estimate of drug-likeness (QED) is 0.653. The van der Waals surface area contributed by atoms with Crippen molar-refractivity contribution in [3.8, 4) is 23.0 Å². The summed E-state index contributed by atoms with van der Waals surface area (Å²) in [7, 11) is 0. The minimum absolute atomic E-state index is 0.117. The number of nitrogens with zero attached hydrogens (tertiary/aromatic N) is 2. The van der Waals surface area contributed by atoms with Crippen molar-refractivity contribution in [2.45, 2.75) is 6.92 Å². The van der Waals surface area contributed by atoms with Crippen LogP contribution in [0.1, 0.15) is 26.3 Å². The summed E-state index contributed by atoms with van der Waals surface area (Å²) < 4.78 is 22.6. The predicted molar refractivity (Wildman–Crippen MR) is 104 cm³/mol. The second kappa shape index (κ2) is 7.07. The molecule has 0 saturated heterocycles. The Morgan fingerprint density at radius 2 is 1.43 bits per heavy atom. The van der Waals surface area contributed by atoms with Crippen molar-refractivity contribution < 1.29 is 28.5 Å². The van der Waals surface area contributed by atoms with E-state index >= 15 is 0 Å². The Hall–Kier alpha value is -4.07. The van der Waals surface area contributed by atoms with Gasteiger partial charge in [0.1, 0.15) is 5.49 Å². The summed E-state index contributed by atoms with van der Waals surface area (Å²) in [6.07, 6.45) is 1.58. The Labute approximate surface area is 170 Å². The lowest BCUT2D eigenvalue weighted by Crippen LogP contribution is -2.30. The Bertz CT molecular complexity index is 1260. The minimum Gasteiger partial charge on any atom is -0.454 e. The number of hydrogen-bond donors (Lipinski definition) is 0. The van der Waals surface area contributed by atoms with E-state index in [1.807, 2.05) is 0 Å². The molecule has 0 radical (unpaired) electrons. The van der Waals surface area contributed by atoms with Gasteiger partial charge in [-0.25, -0.2) is 0 Å². The summed E-state index contributed by atoms with van der Waals surface area (Å²) in [5.41, 5.74) is 1.66. The third kappa shape index (κ3) is 3.08. The third-order valence-electron chi connectivity index (χ3n) is 4.83. The summed E-state index contributed by atoms with van der Waals surface area (Å²) in [4.78, 5) is 30.2. The molecule has 5 rings (SSSR count). The summed E-state index contributed by atoms with van der Waals surface area (Å²) in [5, 5.41) is 0. The van der Waals surface area contributed by atoms with Crippen LogP contribution in [0, 0.1) is 6.92 Å². The highest BCUT2D eigenvalue weighted by Crippen LogP contribution is 2.33. The van der Waals surface area contributed by atoms with E-state index in [1.54, 1.807) is 61.7 Å². The van der Waals surface area contributed by atoms with Gasteiger partial charge in [-0.05, 0) is 55.0 Å². The van der Waals surface area contributed by atoms with Gasteiger partial charge in [0, 0.05) is 17.3 Å². The van der Waals surface area contributed by atoms with Gasteiger partial charge in [0.05, 0.1) is 0 Å². The van der Waals surface area contributed by atoms with E-state index < -0.39 is 5.91 Å². The van der Waals surface area contributed by atoms with Crippen LogP contribution in [-0.2, 0) is 0 Å². The highest BCUT2D eigenvalue weighted by Gasteiger charge is 2.19. The average molecular weight is 404 g/mol. The van der Waals surface area contributed by atoms with Crippen LogP contribution in [0.4, 0.5) is 0 Å².